The first-order chi connectivity index (χ1) is 26.8. The SMILES string of the molecule is c1ccc(-c2cc(-c3ccc(-n4c5ccc6ccccc6c5c5cc(-c6ncccn6)c6sc7ccccc7c6c54)cc3)nc(-c3ccccc3)n2)cc1. The Morgan fingerprint density at radius 1 is 0.463 bits per heavy atom. The van der Waals surface area contributed by atoms with Gasteiger partial charge in [0.2, 0.25) is 0 Å². The Balaban J connectivity index is 1.18. The molecule has 0 unspecified atom stereocenters. The third-order valence-corrected chi connectivity index (χ3v) is 11.5. The molecule has 4 aromatic heterocycles. The second-order valence-electron chi connectivity index (χ2n) is 13.5. The molecule has 0 aliphatic carbocycles. The van der Waals surface area contributed by atoms with Gasteiger partial charge in [-0.05, 0) is 53.2 Å². The lowest BCUT2D eigenvalue weighted by molar-refractivity contribution is 1.17. The van der Waals surface area contributed by atoms with E-state index in [0.29, 0.717) is 5.82 Å². The molecular weight excluding hydrogens is 679 g/mol. The van der Waals surface area contributed by atoms with Gasteiger partial charge in [-0.3, -0.25) is 0 Å². The number of aromatic nitrogens is 5. The topological polar surface area (TPSA) is 56.5 Å². The zero-order chi connectivity index (χ0) is 35.6. The van der Waals surface area contributed by atoms with Crippen LogP contribution in [0.3, 0.4) is 0 Å². The molecule has 0 spiro atoms. The fraction of sp³-hybridized carbons (Fsp3) is 0. The van der Waals surface area contributed by atoms with Gasteiger partial charge in [0.15, 0.2) is 11.6 Å². The molecule has 0 bridgehead atoms. The first-order valence-electron chi connectivity index (χ1n) is 18.0. The summed E-state index contributed by atoms with van der Waals surface area (Å²) in [5.41, 5.74) is 9.29. The molecule has 7 aromatic carbocycles. The Labute approximate surface area is 314 Å². The monoisotopic (exact) mass is 707 g/mol. The van der Waals surface area contributed by atoms with Gasteiger partial charge >= 0.3 is 0 Å². The lowest BCUT2D eigenvalue weighted by Crippen LogP contribution is -1.97. The summed E-state index contributed by atoms with van der Waals surface area (Å²) in [5, 5.41) is 7.28. The van der Waals surface area contributed by atoms with Crippen molar-refractivity contribution in [2.24, 2.45) is 0 Å². The van der Waals surface area contributed by atoms with E-state index in [-0.39, 0.29) is 0 Å². The van der Waals surface area contributed by atoms with Gasteiger partial charge < -0.3 is 4.57 Å². The predicted molar refractivity (Wildman–Crippen MR) is 224 cm³/mol. The minimum atomic E-state index is 0.704. The summed E-state index contributed by atoms with van der Waals surface area (Å²) in [5.74, 6) is 1.44. The molecule has 0 radical (unpaired) electrons. The summed E-state index contributed by atoms with van der Waals surface area (Å²) >= 11 is 1.81. The summed E-state index contributed by atoms with van der Waals surface area (Å²) in [6.45, 7) is 0. The van der Waals surface area contributed by atoms with Crippen molar-refractivity contribution in [3.05, 3.63) is 176 Å². The van der Waals surface area contributed by atoms with Crippen molar-refractivity contribution in [2.75, 3.05) is 0 Å². The van der Waals surface area contributed by atoms with Crippen LogP contribution >= 0.6 is 11.3 Å². The van der Waals surface area contributed by atoms with E-state index in [1.807, 2.05) is 54.9 Å². The fourth-order valence-corrected chi connectivity index (χ4v) is 9.09. The number of benzene rings is 7. The molecule has 0 aliphatic rings. The van der Waals surface area contributed by atoms with Gasteiger partial charge in [0, 0.05) is 71.3 Å². The van der Waals surface area contributed by atoms with Gasteiger partial charge in [-0.25, -0.2) is 19.9 Å². The average molecular weight is 708 g/mol. The van der Waals surface area contributed by atoms with Crippen molar-refractivity contribution >= 4 is 64.1 Å². The largest absolute Gasteiger partial charge is 0.309 e. The van der Waals surface area contributed by atoms with Crippen molar-refractivity contribution < 1.29 is 0 Å². The van der Waals surface area contributed by atoms with Crippen molar-refractivity contribution in [3.63, 3.8) is 0 Å². The first-order valence-corrected chi connectivity index (χ1v) is 18.8. The van der Waals surface area contributed by atoms with E-state index >= 15 is 0 Å². The minimum absolute atomic E-state index is 0.704. The summed E-state index contributed by atoms with van der Waals surface area (Å²) in [4.78, 5) is 19.6. The third kappa shape index (κ3) is 4.85. The quantitative estimate of drug-likeness (QED) is 0.179. The van der Waals surface area contributed by atoms with Crippen LogP contribution in [0.25, 0.3) is 104 Å². The smallest absolute Gasteiger partial charge is 0.160 e. The maximum absolute atomic E-state index is 5.10. The van der Waals surface area contributed by atoms with E-state index in [1.165, 1.54) is 47.2 Å². The Bertz CT molecular complexity index is 3130. The van der Waals surface area contributed by atoms with E-state index in [0.717, 1.165) is 50.7 Å². The summed E-state index contributed by atoms with van der Waals surface area (Å²) in [6.07, 6.45) is 3.66. The molecule has 11 aromatic rings. The van der Waals surface area contributed by atoms with Crippen LogP contribution in [-0.2, 0) is 0 Å². The number of hydrogen-bond donors (Lipinski definition) is 0. The highest BCUT2D eigenvalue weighted by Gasteiger charge is 2.23. The fourth-order valence-electron chi connectivity index (χ4n) is 7.88. The van der Waals surface area contributed by atoms with Crippen molar-refractivity contribution in [1.82, 2.24) is 24.5 Å². The van der Waals surface area contributed by atoms with Crippen LogP contribution in [0.1, 0.15) is 0 Å². The summed E-state index contributed by atoms with van der Waals surface area (Å²) < 4.78 is 4.87. The van der Waals surface area contributed by atoms with Crippen LogP contribution in [0, 0.1) is 0 Å². The van der Waals surface area contributed by atoms with Crippen molar-refractivity contribution in [1.29, 1.82) is 0 Å². The number of fused-ring (bicyclic) bond motifs is 9. The zero-order valence-electron chi connectivity index (χ0n) is 28.9. The van der Waals surface area contributed by atoms with Gasteiger partial charge in [0.25, 0.3) is 0 Å². The van der Waals surface area contributed by atoms with Gasteiger partial charge in [0.05, 0.1) is 22.4 Å². The lowest BCUT2D eigenvalue weighted by atomic mass is 10.00. The van der Waals surface area contributed by atoms with Crippen LogP contribution in [0.5, 0.6) is 0 Å². The van der Waals surface area contributed by atoms with Crippen LogP contribution < -0.4 is 0 Å². The van der Waals surface area contributed by atoms with Crippen LogP contribution in [-0.4, -0.2) is 24.5 Å². The van der Waals surface area contributed by atoms with Gasteiger partial charge in [-0.2, -0.15) is 0 Å². The molecule has 0 saturated heterocycles. The van der Waals surface area contributed by atoms with Crippen LogP contribution in [0.4, 0.5) is 0 Å². The molecule has 4 heterocycles. The highest BCUT2D eigenvalue weighted by Crippen LogP contribution is 2.48. The minimum Gasteiger partial charge on any atom is -0.309 e. The molecule has 252 valence electrons. The van der Waals surface area contributed by atoms with Crippen molar-refractivity contribution in [2.45, 2.75) is 0 Å². The molecule has 0 fully saturated rings. The highest BCUT2D eigenvalue weighted by atomic mass is 32.1. The predicted octanol–water partition coefficient (Wildman–Crippen LogP) is 12.6. The Morgan fingerprint density at radius 3 is 1.87 bits per heavy atom. The van der Waals surface area contributed by atoms with E-state index in [1.54, 1.807) is 11.3 Å². The average Bonchev–Trinajstić information content (AvgIpc) is 3.80. The van der Waals surface area contributed by atoms with E-state index in [2.05, 4.69) is 126 Å². The van der Waals surface area contributed by atoms with Gasteiger partial charge in [0.1, 0.15) is 0 Å². The van der Waals surface area contributed by atoms with E-state index in [4.69, 9.17) is 19.9 Å². The molecule has 0 saturated carbocycles. The maximum atomic E-state index is 5.10. The maximum Gasteiger partial charge on any atom is 0.160 e. The molecule has 11 rings (SSSR count). The van der Waals surface area contributed by atoms with Crippen LogP contribution in [0.2, 0.25) is 0 Å². The van der Waals surface area contributed by atoms with Gasteiger partial charge in [-0.1, -0.05) is 121 Å². The first kappa shape index (κ1) is 30.6. The van der Waals surface area contributed by atoms with Gasteiger partial charge in [-0.15, -0.1) is 11.3 Å². The Kier molecular flexibility index (Phi) is 6.97. The molecule has 5 nitrogen and oxygen atoms in total. The third-order valence-electron chi connectivity index (χ3n) is 10.3. The molecule has 0 atom stereocenters. The second kappa shape index (κ2) is 12.3. The Morgan fingerprint density at radius 2 is 1.11 bits per heavy atom. The molecule has 0 N–H and O–H groups in total. The van der Waals surface area contributed by atoms with Crippen LogP contribution in [0.15, 0.2) is 176 Å². The number of rotatable bonds is 5. The molecule has 0 aliphatic heterocycles. The lowest BCUT2D eigenvalue weighted by Gasteiger charge is -2.12. The zero-order valence-corrected chi connectivity index (χ0v) is 29.7. The van der Waals surface area contributed by atoms with E-state index < -0.39 is 0 Å². The van der Waals surface area contributed by atoms with E-state index in [9.17, 15) is 0 Å². The highest BCUT2D eigenvalue weighted by molar-refractivity contribution is 7.26. The molecular formula is C48H29N5S. The Hall–Kier alpha value is -7.02. The number of nitrogens with zero attached hydrogens (tertiary/aromatic N) is 5. The summed E-state index contributed by atoms with van der Waals surface area (Å²) in [7, 11) is 0. The normalized spacial score (nSPS) is 11.7. The number of thiophene rings is 1. The molecule has 0 amide bonds. The number of hydrogen-bond acceptors (Lipinski definition) is 5. The van der Waals surface area contributed by atoms with Crippen molar-refractivity contribution in [3.8, 4) is 51.0 Å². The molecule has 54 heavy (non-hydrogen) atoms. The molecule has 6 heteroatoms. The summed E-state index contributed by atoms with van der Waals surface area (Å²) in [6, 6.07) is 57.6. The second-order valence-corrected chi connectivity index (χ2v) is 14.5. The standard InChI is InChI=1S/C48H29N5S/c1-3-13-31(14-4-1)39-29-40(52-47(51-39)33-15-5-2-6-16-33)32-20-23-34(24-21-32)53-41-25-22-30-12-7-8-17-35(30)43(41)37-28-38(48-49-26-11-27-50-48)46-44(45(37)53)36-18-9-10-19-42(36)54-46/h1-29H.